The Balaban J connectivity index is 1.67. The van der Waals surface area contributed by atoms with Crippen molar-refractivity contribution in [1.82, 2.24) is 0 Å². The van der Waals surface area contributed by atoms with Crippen molar-refractivity contribution in [3.05, 3.63) is 30.3 Å². The van der Waals surface area contributed by atoms with Crippen LogP contribution < -0.4 is 4.74 Å². The maximum absolute atomic E-state index is 11.5. The summed E-state index contributed by atoms with van der Waals surface area (Å²) in [4.78, 5) is 0. The standard InChI is InChI=1S/C10H13O5P/c11-16(14-8-9-15-16)13-7-6-12-10-4-2-1-3-5-10/h1-5H,6-9H2. The highest BCUT2D eigenvalue weighted by Gasteiger charge is 2.31. The minimum atomic E-state index is -3.27. The summed E-state index contributed by atoms with van der Waals surface area (Å²) in [6.45, 7) is 1.11. The van der Waals surface area contributed by atoms with Crippen LogP contribution in [0.1, 0.15) is 0 Å². The van der Waals surface area contributed by atoms with Crippen LogP contribution in [0.2, 0.25) is 0 Å². The van der Waals surface area contributed by atoms with Gasteiger partial charge in [-0.25, -0.2) is 4.57 Å². The van der Waals surface area contributed by atoms with E-state index in [-0.39, 0.29) is 6.61 Å². The molecule has 1 aromatic rings. The Labute approximate surface area is 93.9 Å². The van der Waals surface area contributed by atoms with Crippen LogP contribution in [-0.2, 0) is 18.1 Å². The third-order valence-corrected chi connectivity index (χ3v) is 3.42. The van der Waals surface area contributed by atoms with Crippen molar-refractivity contribution < 1.29 is 22.9 Å². The summed E-state index contributed by atoms with van der Waals surface area (Å²) in [6, 6.07) is 9.33. The van der Waals surface area contributed by atoms with Crippen LogP contribution in [0.5, 0.6) is 5.75 Å². The minimum Gasteiger partial charge on any atom is -0.491 e. The zero-order valence-corrected chi connectivity index (χ0v) is 9.60. The van der Waals surface area contributed by atoms with Crippen molar-refractivity contribution in [2.75, 3.05) is 26.4 Å². The van der Waals surface area contributed by atoms with Crippen LogP contribution in [0.15, 0.2) is 30.3 Å². The number of phosphoric ester groups is 1. The molecule has 0 aliphatic carbocycles. The largest absolute Gasteiger partial charge is 0.491 e. The van der Waals surface area contributed by atoms with Gasteiger partial charge in [0, 0.05) is 0 Å². The Hall–Kier alpha value is -0.870. The van der Waals surface area contributed by atoms with Gasteiger partial charge in [0.05, 0.1) is 19.8 Å². The number of hydrogen-bond donors (Lipinski definition) is 0. The van der Waals surface area contributed by atoms with Crippen LogP contribution in [0.4, 0.5) is 0 Å². The van der Waals surface area contributed by atoms with Gasteiger partial charge in [-0.2, -0.15) is 0 Å². The lowest BCUT2D eigenvalue weighted by atomic mass is 10.3. The van der Waals surface area contributed by atoms with Gasteiger partial charge in [-0.3, -0.25) is 13.6 Å². The second-order valence-electron chi connectivity index (χ2n) is 3.11. The molecule has 0 unspecified atom stereocenters. The third-order valence-electron chi connectivity index (χ3n) is 1.93. The molecule has 0 spiro atoms. The lowest BCUT2D eigenvalue weighted by Gasteiger charge is -2.10. The number of phosphoric acid groups is 1. The van der Waals surface area contributed by atoms with Crippen LogP contribution in [0, 0.1) is 0 Å². The van der Waals surface area contributed by atoms with Gasteiger partial charge in [0.2, 0.25) is 0 Å². The van der Waals surface area contributed by atoms with Gasteiger partial charge in [-0.05, 0) is 12.1 Å². The van der Waals surface area contributed by atoms with Crippen LogP contribution in [0.25, 0.3) is 0 Å². The molecule has 2 rings (SSSR count). The first-order valence-electron chi connectivity index (χ1n) is 5.00. The molecule has 88 valence electrons. The van der Waals surface area contributed by atoms with E-state index in [0.717, 1.165) is 5.75 Å². The average molecular weight is 244 g/mol. The molecule has 0 radical (unpaired) electrons. The Kier molecular flexibility index (Phi) is 3.96. The topological polar surface area (TPSA) is 54.0 Å². The highest BCUT2D eigenvalue weighted by Crippen LogP contribution is 2.52. The summed E-state index contributed by atoms with van der Waals surface area (Å²) in [5.41, 5.74) is 0. The molecule has 0 saturated carbocycles. The van der Waals surface area contributed by atoms with Crippen LogP contribution >= 0.6 is 7.82 Å². The molecule has 5 nitrogen and oxygen atoms in total. The van der Waals surface area contributed by atoms with Gasteiger partial charge < -0.3 is 4.74 Å². The van der Waals surface area contributed by atoms with Gasteiger partial charge in [-0.15, -0.1) is 0 Å². The van der Waals surface area contributed by atoms with Gasteiger partial charge in [0.15, 0.2) is 0 Å². The molecule has 1 fully saturated rings. The molecule has 0 N–H and O–H groups in total. The fourth-order valence-electron chi connectivity index (χ4n) is 1.24. The number of ether oxygens (including phenoxy) is 1. The number of para-hydroxylation sites is 1. The first-order chi connectivity index (χ1) is 7.79. The molecule has 0 amide bonds. The zero-order valence-electron chi connectivity index (χ0n) is 8.70. The van der Waals surface area contributed by atoms with E-state index in [1.807, 2.05) is 30.3 Å². The molecule has 1 aliphatic rings. The Morgan fingerprint density at radius 1 is 1.12 bits per heavy atom. The summed E-state index contributed by atoms with van der Waals surface area (Å²) in [5.74, 6) is 0.748. The Bertz CT molecular complexity index is 357. The molecule has 0 aromatic heterocycles. The number of hydrogen-bond acceptors (Lipinski definition) is 5. The van der Waals surface area contributed by atoms with Gasteiger partial charge in [-0.1, -0.05) is 18.2 Å². The first-order valence-corrected chi connectivity index (χ1v) is 6.46. The SMILES string of the molecule is O=P1(OCCOc2ccccc2)OCCO1. The van der Waals surface area contributed by atoms with Gasteiger partial charge >= 0.3 is 7.82 Å². The normalized spacial score (nSPS) is 18.5. The van der Waals surface area contributed by atoms with Crippen molar-refractivity contribution in [1.29, 1.82) is 0 Å². The predicted octanol–water partition coefficient (Wildman–Crippen LogP) is 2.24. The van der Waals surface area contributed by atoms with E-state index in [9.17, 15) is 4.57 Å². The van der Waals surface area contributed by atoms with E-state index >= 15 is 0 Å². The van der Waals surface area contributed by atoms with E-state index in [4.69, 9.17) is 18.3 Å². The molecule has 6 heteroatoms. The van der Waals surface area contributed by atoms with Crippen molar-refractivity contribution in [3.8, 4) is 5.75 Å². The van der Waals surface area contributed by atoms with E-state index in [0.29, 0.717) is 19.8 Å². The van der Waals surface area contributed by atoms with E-state index in [1.54, 1.807) is 0 Å². The number of rotatable bonds is 5. The maximum atomic E-state index is 11.5. The predicted molar refractivity (Wildman–Crippen MR) is 57.4 cm³/mol. The second-order valence-corrected chi connectivity index (χ2v) is 4.78. The zero-order chi connectivity index (χ0) is 11.3. The monoisotopic (exact) mass is 244 g/mol. The molecule has 1 heterocycles. The Morgan fingerprint density at radius 3 is 2.50 bits per heavy atom. The third kappa shape index (κ3) is 3.32. The molecule has 1 aliphatic heterocycles. The van der Waals surface area contributed by atoms with E-state index in [2.05, 4.69) is 0 Å². The fourth-order valence-corrected chi connectivity index (χ4v) is 2.35. The summed E-state index contributed by atoms with van der Waals surface area (Å²) >= 11 is 0. The average Bonchev–Trinajstić information content (AvgIpc) is 2.74. The number of benzene rings is 1. The second kappa shape index (κ2) is 5.46. The van der Waals surface area contributed by atoms with E-state index < -0.39 is 7.82 Å². The smallest absolute Gasteiger partial charge is 0.475 e. The van der Waals surface area contributed by atoms with Crippen molar-refractivity contribution in [2.45, 2.75) is 0 Å². The van der Waals surface area contributed by atoms with E-state index in [1.165, 1.54) is 0 Å². The maximum Gasteiger partial charge on any atom is 0.475 e. The minimum absolute atomic E-state index is 0.173. The highest BCUT2D eigenvalue weighted by atomic mass is 31.2. The summed E-state index contributed by atoms with van der Waals surface area (Å²) in [7, 11) is -3.27. The molecule has 1 aromatic carbocycles. The lowest BCUT2D eigenvalue weighted by molar-refractivity contribution is 0.157. The fraction of sp³-hybridized carbons (Fsp3) is 0.400. The van der Waals surface area contributed by atoms with Crippen molar-refractivity contribution in [2.24, 2.45) is 0 Å². The Morgan fingerprint density at radius 2 is 1.81 bits per heavy atom. The molecular weight excluding hydrogens is 231 g/mol. The summed E-state index contributed by atoms with van der Waals surface area (Å²) < 4.78 is 31.6. The van der Waals surface area contributed by atoms with Gasteiger partial charge in [0.1, 0.15) is 12.4 Å². The molecule has 16 heavy (non-hydrogen) atoms. The molecule has 0 bridgehead atoms. The summed E-state index contributed by atoms with van der Waals surface area (Å²) in [6.07, 6.45) is 0. The molecule has 1 saturated heterocycles. The van der Waals surface area contributed by atoms with Gasteiger partial charge in [0.25, 0.3) is 0 Å². The summed E-state index contributed by atoms with van der Waals surface area (Å²) in [5, 5.41) is 0. The first kappa shape index (κ1) is 11.6. The van der Waals surface area contributed by atoms with Crippen LogP contribution in [-0.4, -0.2) is 26.4 Å². The van der Waals surface area contributed by atoms with Crippen LogP contribution in [0.3, 0.4) is 0 Å². The molecule has 0 atom stereocenters. The molecular formula is C10H13O5P. The van der Waals surface area contributed by atoms with Crippen molar-refractivity contribution in [3.63, 3.8) is 0 Å². The highest BCUT2D eigenvalue weighted by molar-refractivity contribution is 7.48. The van der Waals surface area contributed by atoms with Crippen molar-refractivity contribution >= 4 is 7.82 Å². The quantitative estimate of drug-likeness (QED) is 0.587. The lowest BCUT2D eigenvalue weighted by Crippen LogP contribution is -2.05.